The van der Waals surface area contributed by atoms with Crippen molar-refractivity contribution in [3.63, 3.8) is 0 Å². The number of carbonyl (C=O) groups excluding carboxylic acids is 2. The van der Waals surface area contributed by atoms with Crippen molar-refractivity contribution in [3.05, 3.63) is 81.6 Å². The summed E-state index contributed by atoms with van der Waals surface area (Å²) < 4.78 is 4.70. The third-order valence-electron chi connectivity index (χ3n) is 4.04. The van der Waals surface area contributed by atoms with Gasteiger partial charge >= 0.3 is 5.97 Å². The Morgan fingerprint density at radius 2 is 1.88 bits per heavy atom. The van der Waals surface area contributed by atoms with Crippen molar-refractivity contribution in [3.8, 4) is 0 Å². The van der Waals surface area contributed by atoms with Gasteiger partial charge in [-0.1, -0.05) is 30.3 Å². The van der Waals surface area contributed by atoms with Crippen LogP contribution in [-0.4, -0.2) is 29.0 Å². The van der Waals surface area contributed by atoms with Crippen LogP contribution in [0.3, 0.4) is 0 Å². The zero-order valence-electron chi connectivity index (χ0n) is 13.7. The molecule has 0 bridgehead atoms. The summed E-state index contributed by atoms with van der Waals surface area (Å²) in [5.41, 5.74) is 0.278. The summed E-state index contributed by atoms with van der Waals surface area (Å²) in [4.78, 5) is 36.5. The number of anilines is 1. The van der Waals surface area contributed by atoms with Gasteiger partial charge in [0.05, 0.1) is 18.1 Å². The van der Waals surface area contributed by atoms with Crippen molar-refractivity contribution in [1.29, 1.82) is 0 Å². The molecule has 0 aromatic heterocycles. The van der Waals surface area contributed by atoms with Gasteiger partial charge in [-0.05, 0) is 17.7 Å². The largest absolute Gasteiger partial charge is 0.503 e. The normalized spacial score (nSPS) is 16.7. The quantitative estimate of drug-likeness (QED) is 0.513. The Kier molecular flexibility index (Phi) is 4.40. The van der Waals surface area contributed by atoms with E-state index in [4.69, 9.17) is 4.74 Å². The minimum absolute atomic E-state index is 0.196. The standard InChI is InChI=1S/C18H14N2O6/c1-26-18(23)14-15(11-6-5-9-13(10-11)20(24)25)19(17(22)16(14)21)12-7-3-2-4-8-12/h2-10,15,21H,1H3. The molecule has 3 rings (SSSR count). The maximum Gasteiger partial charge on any atom is 0.340 e. The summed E-state index contributed by atoms with van der Waals surface area (Å²) in [5.74, 6) is -2.41. The number of benzene rings is 2. The Bertz CT molecular complexity index is 922. The van der Waals surface area contributed by atoms with Gasteiger partial charge in [0.15, 0.2) is 5.76 Å². The van der Waals surface area contributed by atoms with Crippen molar-refractivity contribution < 1.29 is 24.4 Å². The zero-order chi connectivity index (χ0) is 18.8. The minimum atomic E-state index is -1.04. The summed E-state index contributed by atoms with van der Waals surface area (Å²) in [6.45, 7) is 0. The van der Waals surface area contributed by atoms with Crippen LogP contribution < -0.4 is 4.90 Å². The maximum absolute atomic E-state index is 12.6. The molecule has 0 spiro atoms. The van der Waals surface area contributed by atoms with E-state index in [0.29, 0.717) is 11.3 Å². The fourth-order valence-electron chi connectivity index (χ4n) is 2.90. The number of para-hydroxylation sites is 1. The van der Waals surface area contributed by atoms with Crippen molar-refractivity contribution in [2.24, 2.45) is 0 Å². The van der Waals surface area contributed by atoms with E-state index in [9.17, 15) is 24.8 Å². The Balaban J connectivity index is 2.20. The van der Waals surface area contributed by atoms with Crippen LogP contribution in [0.15, 0.2) is 65.9 Å². The van der Waals surface area contributed by atoms with E-state index in [1.165, 1.54) is 23.1 Å². The lowest BCUT2D eigenvalue weighted by Gasteiger charge is -2.26. The van der Waals surface area contributed by atoms with Crippen LogP contribution in [0, 0.1) is 10.1 Å². The van der Waals surface area contributed by atoms with Crippen LogP contribution in [0.25, 0.3) is 0 Å². The van der Waals surface area contributed by atoms with Crippen LogP contribution in [0.1, 0.15) is 11.6 Å². The summed E-state index contributed by atoms with van der Waals surface area (Å²) in [6.07, 6.45) is 0. The Morgan fingerprint density at radius 3 is 2.50 bits per heavy atom. The summed E-state index contributed by atoms with van der Waals surface area (Å²) in [7, 11) is 1.13. The fourth-order valence-corrected chi connectivity index (χ4v) is 2.90. The third kappa shape index (κ3) is 2.77. The monoisotopic (exact) mass is 354 g/mol. The molecular formula is C18H14N2O6. The number of nitrogens with zero attached hydrogens (tertiary/aromatic N) is 2. The van der Waals surface area contributed by atoms with Crippen molar-refractivity contribution in [1.82, 2.24) is 0 Å². The number of hydrogen-bond acceptors (Lipinski definition) is 6. The minimum Gasteiger partial charge on any atom is -0.503 e. The first-order valence-corrected chi connectivity index (χ1v) is 7.60. The van der Waals surface area contributed by atoms with Gasteiger partial charge in [0, 0.05) is 17.8 Å². The second-order valence-corrected chi connectivity index (χ2v) is 5.52. The molecule has 0 aliphatic carbocycles. The Morgan fingerprint density at radius 1 is 1.19 bits per heavy atom. The molecule has 1 heterocycles. The number of methoxy groups -OCH3 is 1. The highest BCUT2D eigenvalue weighted by molar-refractivity contribution is 6.15. The number of amides is 1. The van der Waals surface area contributed by atoms with Crippen molar-refractivity contribution in [2.45, 2.75) is 6.04 Å². The lowest BCUT2D eigenvalue weighted by Crippen LogP contribution is -2.31. The summed E-state index contributed by atoms with van der Waals surface area (Å²) >= 11 is 0. The molecule has 132 valence electrons. The average molecular weight is 354 g/mol. The predicted octanol–water partition coefficient (Wildman–Crippen LogP) is 2.67. The highest BCUT2D eigenvalue weighted by Gasteiger charge is 2.45. The van der Waals surface area contributed by atoms with E-state index in [-0.39, 0.29) is 11.3 Å². The van der Waals surface area contributed by atoms with Gasteiger partial charge in [0.2, 0.25) is 0 Å². The van der Waals surface area contributed by atoms with Crippen LogP contribution in [0.2, 0.25) is 0 Å². The SMILES string of the molecule is COC(=O)C1=C(O)C(=O)N(c2ccccc2)C1c1cccc([N+](=O)[O-])c1. The summed E-state index contributed by atoms with van der Waals surface area (Å²) in [5, 5.41) is 21.3. The predicted molar refractivity (Wildman–Crippen MR) is 91.4 cm³/mol. The first-order valence-electron chi connectivity index (χ1n) is 7.60. The number of hydrogen-bond donors (Lipinski definition) is 1. The van der Waals surface area contributed by atoms with Crippen LogP contribution >= 0.6 is 0 Å². The number of rotatable bonds is 4. The van der Waals surface area contributed by atoms with Crippen molar-refractivity contribution in [2.75, 3.05) is 12.0 Å². The molecule has 1 aliphatic rings. The van der Waals surface area contributed by atoms with Gasteiger partial charge in [-0.25, -0.2) is 4.79 Å². The van der Waals surface area contributed by atoms with Crippen LogP contribution in [0.4, 0.5) is 11.4 Å². The molecule has 0 saturated heterocycles. The van der Waals surface area contributed by atoms with Crippen molar-refractivity contribution >= 4 is 23.3 Å². The number of esters is 1. The molecule has 2 aromatic rings. The molecular weight excluding hydrogens is 340 g/mol. The van der Waals surface area contributed by atoms with E-state index >= 15 is 0 Å². The topological polar surface area (TPSA) is 110 Å². The van der Waals surface area contributed by atoms with Gasteiger partial charge < -0.3 is 9.84 Å². The molecule has 1 aliphatic heterocycles. The molecule has 0 fully saturated rings. The molecule has 8 nitrogen and oxygen atoms in total. The molecule has 2 aromatic carbocycles. The lowest BCUT2D eigenvalue weighted by molar-refractivity contribution is -0.384. The molecule has 1 unspecified atom stereocenters. The van der Waals surface area contributed by atoms with E-state index in [1.807, 2.05) is 0 Å². The number of aliphatic hydroxyl groups is 1. The second kappa shape index (κ2) is 6.67. The molecule has 0 saturated carbocycles. The zero-order valence-corrected chi connectivity index (χ0v) is 13.7. The lowest BCUT2D eigenvalue weighted by atomic mass is 9.98. The Hall–Kier alpha value is -3.68. The molecule has 0 radical (unpaired) electrons. The first kappa shape index (κ1) is 17.2. The van der Waals surface area contributed by atoms with E-state index in [0.717, 1.165) is 7.11 Å². The average Bonchev–Trinajstić information content (AvgIpc) is 2.93. The smallest absolute Gasteiger partial charge is 0.340 e. The summed E-state index contributed by atoms with van der Waals surface area (Å²) in [6, 6.07) is 12.9. The number of non-ortho nitro benzene ring substituents is 1. The van der Waals surface area contributed by atoms with Gasteiger partial charge in [-0.15, -0.1) is 0 Å². The Labute approximate surface area is 148 Å². The van der Waals surface area contributed by atoms with E-state index in [2.05, 4.69) is 0 Å². The number of ether oxygens (including phenoxy) is 1. The number of nitro benzene ring substituents is 1. The molecule has 8 heteroatoms. The fraction of sp³-hybridized carbons (Fsp3) is 0.111. The second-order valence-electron chi connectivity index (χ2n) is 5.52. The highest BCUT2D eigenvalue weighted by Crippen LogP contribution is 2.41. The van der Waals surface area contributed by atoms with E-state index < -0.39 is 28.6 Å². The maximum atomic E-state index is 12.6. The van der Waals surface area contributed by atoms with E-state index in [1.54, 1.807) is 36.4 Å². The van der Waals surface area contributed by atoms with Crippen LogP contribution in [0.5, 0.6) is 0 Å². The number of aliphatic hydroxyl groups excluding tert-OH is 1. The van der Waals surface area contributed by atoms with Gasteiger partial charge in [-0.2, -0.15) is 0 Å². The molecule has 26 heavy (non-hydrogen) atoms. The first-order chi connectivity index (χ1) is 12.5. The molecule has 1 amide bonds. The molecule has 1 N–H and O–H groups in total. The third-order valence-corrected chi connectivity index (χ3v) is 4.04. The number of carbonyl (C=O) groups is 2. The van der Waals surface area contributed by atoms with Gasteiger partial charge in [-0.3, -0.25) is 19.8 Å². The highest BCUT2D eigenvalue weighted by atomic mass is 16.6. The van der Waals surface area contributed by atoms with Gasteiger partial charge in [0.1, 0.15) is 5.57 Å². The van der Waals surface area contributed by atoms with Gasteiger partial charge in [0.25, 0.3) is 11.6 Å². The van der Waals surface area contributed by atoms with Crippen LogP contribution in [-0.2, 0) is 14.3 Å². The molecule has 1 atom stereocenters. The number of nitro groups is 1.